The maximum Gasteiger partial charge on any atom is 0.238 e. The highest BCUT2D eigenvalue weighted by Crippen LogP contribution is 2.26. The molecule has 134 valence electrons. The molecule has 0 saturated heterocycles. The summed E-state index contributed by atoms with van der Waals surface area (Å²) in [4.78, 5) is 13.4. The van der Waals surface area contributed by atoms with Crippen LogP contribution in [0.4, 0.5) is 5.82 Å². The van der Waals surface area contributed by atoms with Crippen molar-refractivity contribution in [2.24, 2.45) is 0 Å². The number of aromatic nitrogens is 2. The molecule has 1 aromatic heterocycles. The maximum absolute atomic E-state index is 12.4. The number of rotatable bonds is 7. The molecule has 1 N–H and O–H groups in total. The molecule has 3 rings (SSSR count). The molecule has 5 nitrogen and oxygen atoms in total. The van der Waals surface area contributed by atoms with Gasteiger partial charge in [0, 0.05) is 17.2 Å². The van der Waals surface area contributed by atoms with Crippen LogP contribution in [0, 0.1) is 0 Å². The smallest absolute Gasteiger partial charge is 0.238 e. The van der Waals surface area contributed by atoms with Crippen molar-refractivity contribution in [3.05, 3.63) is 72.4 Å². The molecule has 0 aliphatic heterocycles. The molecule has 0 aliphatic rings. The molecule has 0 saturated carbocycles. The average molecular weight is 367 g/mol. The third-order valence-electron chi connectivity index (χ3n) is 3.82. The van der Waals surface area contributed by atoms with E-state index >= 15 is 0 Å². The Labute approximate surface area is 157 Å². The van der Waals surface area contributed by atoms with Crippen LogP contribution >= 0.6 is 11.8 Å². The van der Waals surface area contributed by atoms with Gasteiger partial charge in [-0.05, 0) is 36.8 Å². The first-order valence-corrected chi connectivity index (χ1v) is 9.21. The first-order valence-electron chi connectivity index (χ1n) is 8.33. The van der Waals surface area contributed by atoms with E-state index in [1.807, 2.05) is 78.5 Å². The first-order chi connectivity index (χ1) is 12.6. The maximum atomic E-state index is 12.4. The summed E-state index contributed by atoms with van der Waals surface area (Å²) in [5, 5.41) is 7.06. The van der Waals surface area contributed by atoms with Gasteiger partial charge >= 0.3 is 0 Å². The van der Waals surface area contributed by atoms with Gasteiger partial charge < -0.3 is 10.1 Å². The Bertz CT molecular complexity index is 847. The van der Waals surface area contributed by atoms with Crippen LogP contribution in [0.1, 0.15) is 12.5 Å². The molecule has 0 spiro atoms. The first kappa shape index (κ1) is 18.1. The van der Waals surface area contributed by atoms with Gasteiger partial charge in [-0.2, -0.15) is 5.10 Å². The average Bonchev–Trinajstić information content (AvgIpc) is 3.10. The van der Waals surface area contributed by atoms with Crippen molar-refractivity contribution in [2.45, 2.75) is 23.6 Å². The second-order valence-electron chi connectivity index (χ2n) is 5.81. The van der Waals surface area contributed by atoms with Crippen LogP contribution in [0.3, 0.4) is 0 Å². The highest BCUT2D eigenvalue weighted by Gasteiger charge is 2.15. The summed E-state index contributed by atoms with van der Waals surface area (Å²) in [6.45, 7) is 2.55. The van der Waals surface area contributed by atoms with Crippen molar-refractivity contribution in [2.75, 3.05) is 12.4 Å². The summed E-state index contributed by atoms with van der Waals surface area (Å²) >= 11 is 1.50. The Balaban J connectivity index is 1.55. The summed E-state index contributed by atoms with van der Waals surface area (Å²) in [7, 11) is 1.63. The Morgan fingerprint density at radius 2 is 1.88 bits per heavy atom. The number of anilines is 1. The minimum atomic E-state index is -0.234. The number of thioether (sulfide) groups is 1. The fraction of sp³-hybridized carbons (Fsp3) is 0.200. The number of carbonyl (C=O) groups excluding carboxylic acids is 1. The topological polar surface area (TPSA) is 56.1 Å². The van der Waals surface area contributed by atoms with Crippen LogP contribution < -0.4 is 10.1 Å². The van der Waals surface area contributed by atoms with Crippen molar-refractivity contribution < 1.29 is 9.53 Å². The third kappa shape index (κ3) is 4.89. The Morgan fingerprint density at radius 3 is 2.58 bits per heavy atom. The number of methoxy groups -OCH3 is 1. The van der Waals surface area contributed by atoms with E-state index in [0.717, 1.165) is 16.2 Å². The lowest BCUT2D eigenvalue weighted by atomic mass is 10.2. The zero-order chi connectivity index (χ0) is 18.4. The number of nitrogens with one attached hydrogen (secondary N) is 1. The van der Waals surface area contributed by atoms with Crippen molar-refractivity contribution >= 4 is 23.5 Å². The molecular formula is C20H21N3O2S. The van der Waals surface area contributed by atoms with Crippen LogP contribution in [0.2, 0.25) is 0 Å². The van der Waals surface area contributed by atoms with Gasteiger partial charge in [-0.3, -0.25) is 9.48 Å². The lowest BCUT2D eigenvalue weighted by Gasteiger charge is -2.11. The molecule has 2 aromatic carbocycles. The van der Waals surface area contributed by atoms with Crippen LogP contribution in [0.15, 0.2) is 71.8 Å². The summed E-state index contributed by atoms with van der Waals surface area (Å²) in [5.74, 6) is 1.29. The van der Waals surface area contributed by atoms with Crippen LogP contribution in [0.5, 0.6) is 5.75 Å². The van der Waals surface area contributed by atoms with E-state index in [0.29, 0.717) is 12.4 Å². The fourth-order valence-corrected chi connectivity index (χ4v) is 3.29. The number of amides is 1. The fourth-order valence-electron chi connectivity index (χ4n) is 2.43. The van der Waals surface area contributed by atoms with Gasteiger partial charge in [0.15, 0.2) is 5.82 Å². The number of hydrogen-bond donors (Lipinski definition) is 1. The van der Waals surface area contributed by atoms with Crippen molar-refractivity contribution in [3.8, 4) is 5.75 Å². The van der Waals surface area contributed by atoms with Gasteiger partial charge in [0.2, 0.25) is 5.91 Å². The molecule has 0 fully saturated rings. The predicted molar refractivity (Wildman–Crippen MR) is 105 cm³/mol. The van der Waals surface area contributed by atoms with E-state index in [1.165, 1.54) is 11.8 Å². The molecule has 1 atom stereocenters. The Morgan fingerprint density at radius 1 is 1.15 bits per heavy atom. The summed E-state index contributed by atoms with van der Waals surface area (Å²) in [6, 6.07) is 19.6. The van der Waals surface area contributed by atoms with E-state index in [4.69, 9.17) is 4.74 Å². The zero-order valence-corrected chi connectivity index (χ0v) is 15.6. The monoisotopic (exact) mass is 367 g/mol. The standard InChI is InChI=1S/C20H21N3O2S/c1-15(26-18-10-8-17(25-2)9-11-18)20(24)21-19-12-13-23(22-19)14-16-6-4-3-5-7-16/h3-13,15H,14H2,1-2H3,(H,21,22,24). The predicted octanol–water partition coefficient (Wildman–Crippen LogP) is 4.06. The van der Waals surface area contributed by atoms with Gasteiger partial charge in [0.1, 0.15) is 5.75 Å². The Hall–Kier alpha value is -2.73. The molecule has 1 amide bonds. The van der Waals surface area contributed by atoms with Crippen molar-refractivity contribution in [3.63, 3.8) is 0 Å². The number of hydrogen-bond acceptors (Lipinski definition) is 4. The van der Waals surface area contributed by atoms with E-state index in [1.54, 1.807) is 7.11 Å². The lowest BCUT2D eigenvalue weighted by molar-refractivity contribution is -0.115. The van der Waals surface area contributed by atoms with E-state index in [-0.39, 0.29) is 11.2 Å². The SMILES string of the molecule is COc1ccc(SC(C)C(=O)Nc2ccn(Cc3ccccc3)n2)cc1. The zero-order valence-electron chi connectivity index (χ0n) is 14.8. The quantitative estimate of drug-likeness (QED) is 0.640. The second kappa shape index (κ2) is 8.58. The molecule has 0 radical (unpaired) electrons. The molecule has 26 heavy (non-hydrogen) atoms. The molecule has 0 aliphatic carbocycles. The van der Waals surface area contributed by atoms with E-state index in [2.05, 4.69) is 10.4 Å². The number of benzene rings is 2. The van der Waals surface area contributed by atoms with Gasteiger partial charge in [0.05, 0.1) is 18.9 Å². The molecule has 3 aromatic rings. The summed E-state index contributed by atoms with van der Waals surface area (Å²) < 4.78 is 6.96. The summed E-state index contributed by atoms with van der Waals surface area (Å²) in [6.07, 6.45) is 1.86. The largest absolute Gasteiger partial charge is 0.497 e. The summed E-state index contributed by atoms with van der Waals surface area (Å²) in [5.41, 5.74) is 1.16. The normalized spacial score (nSPS) is 11.8. The van der Waals surface area contributed by atoms with Crippen molar-refractivity contribution in [1.29, 1.82) is 0 Å². The highest BCUT2D eigenvalue weighted by atomic mass is 32.2. The van der Waals surface area contributed by atoms with E-state index < -0.39 is 0 Å². The van der Waals surface area contributed by atoms with Gasteiger partial charge in [-0.15, -0.1) is 11.8 Å². The van der Waals surface area contributed by atoms with Gasteiger partial charge in [0.25, 0.3) is 0 Å². The second-order valence-corrected chi connectivity index (χ2v) is 7.22. The highest BCUT2D eigenvalue weighted by molar-refractivity contribution is 8.00. The molecule has 1 unspecified atom stereocenters. The number of ether oxygens (including phenoxy) is 1. The molecule has 0 bridgehead atoms. The van der Waals surface area contributed by atoms with Gasteiger partial charge in [-0.25, -0.2) is 0 Å². The third-order valence-corrected chi connectivity index (χ3v) is 4.93. The number of nitrogens with zero attached hydrogens (tertiary/aromatic N) is 2. The van der Waals surface area contributed by atoms with E-state index in [9.17, 15) is 4.79 Å². The molecule has 1 heterocycles. The van der Waals surface area contributed by atoms with Crippen LogP contribution in [0.25, 0.3) is 0 Å². The minimum absolute atomic E-state index is 0.0734. The van der Waals surface area contributed by atoms with Gasteiger partial charge in [-0.1, -0.05) is 30.3 Å². The van der Waals surface area contributed by atoms with Crippen LogP contribution in [-0.4, -0.2) is 28.0 Å². The van der Waals surface area contributed by atoms with Crippen LogP contribution in [-0.2, 0) is 11.3 Å². The molecule has 6 heteroatoms. The number of carbonyl (C=O) groups is 1. The lowest BCUT2D eigenvalue weighted by Crippen LogP contribution is -2.22. The Kier molecular flexibility index (Phi) is 5.96. The molecular weight excluding hydrogens is 346 g/mol. The van der Waals surface area contributed by atoms with Crippen molar-refractivity contribution in [1.82, 2.24) is 9.78 Å². The minimum Gasteiger partial charge on any atom is -0.497 e.